The second kappa shape index (κ2) is 13.1. The van der Waals surface area contributed by atoms with Crippen molar-refractivity contribution in [2.75, 3.05) is 17.2 Å². The van der Waals surface area contributed by atoms with Gasteiger partial charge in [0, 0.05) is 35.2 Å². The first-order valence-electron chi connectivity index (χ1n) is 13.1. The van der Waals surface area contributed by atoms with Crippen molar-refractivity contribution in [3.8, 4) is 28.6 Å². The number of anilines is 3. The molecule has 0 radical (unpaired) electrons. The molecule has 0 atom stereocenters. The number of carbonyl (C=O) groups is 1. The van der Waals surface area contributed by atoms with Gasteiger partial charge in [0.05, 0.1) is 12.1 Å². The van der Waals surface area contributed by atoms with Gasteiger partial charge in [-0.3, -0.25) is 4.79 Å². The van der Waals surface area contributed by atoms with E-state index < -0.39 is 18.1 Å². The van der Waals surface area contributed by atoms with E-state index in [1.165, 1.54) is 42.6 Å². The molecule has 3 aromatic carbocycles. The summed E-state index contributed by atoms with van der Waals surface area (Å²) in [5, 5.41) is 12.6. The van der Waals surface area contributed by atoms with E-state index in [2.05, 4.69) is 35.8 Å². The maximum Gasteiger partial charge on any atom is 0.573 e. The van der Waals surface area contributed by atoms with Crippen LogP contribution >= 0.6 is 0 Å². The molecule has 2 aromatic heterocycles. The summed E-state index contributed by atoms with van der Waals surface area (Å²) in [6.45, 7) is 0.156. The zero-order chi connectivity index (χ0) is 32.0. The average Bonchev–Trinajstić information content (AvgIpc) is 3.48. The molecular weight excluding hydrogens is 606 g/mol. The van der Waals surface area contributed by atoms with E-state index >= 15 is 0 Å². The number of nitrogens with zero attached hydrogens (tertiary/aromatic N) is 3. The molecule has 45 heavy (non-hydrogen) atoms. The predicted octanol–water partition coefficient (Wildman–Crippen LogP) is 7.19. The molecule has 5 aromatic rings. The van der Waals surface area contributed by atoms with E-state index in [9.17, 15) is 31.1 Å². The highest BCUT2D eigenvalue weighted by Gasteiger charge is 2.31. The lowest BCUT2D eigenvalue weighted by Crippen LogP contribution is -2.27. The minimum absolute atomic E-state index is 0.0592. The molecule has 0 saturated heterocycles. The normalized spacial score (nSPS) is 11.7. The third-order valence-electron chi connectivity index (χ3n) is 6.12. The van der Waals surface area contributed by atoms with Gasteiger partial charge >= 0.3 is 12.5 Å². The maximum absolute atomic E-state index is 12.7. The van der Waals surface area contributed by atoms with Gasteiger partial charge in [-0.1, -0.05) is 17.3 Å². The molecule has 0 bridgehead atoms. The minimum atomic E-state index is -4.78. The molecule has 0 unspecified atom stereocenters. The van der Waals surface area contributed by atoms with Crippen LogP contribution in [0, 0.1) is 0 Å². The molecule has 0 aliphatic carbocycles. The number of hydrogen-bond donors (Lipinski definition) is 3. The molecule has 9 nitrogen and oxygen atoms in total. The van der Waals surface area contributed by atoms with E-state index in [1.807, 2.05) is 0 Å². The Bertz CT molecular complexity index is 1740. The van der Waals surface area contributed by atoms with Crippen molar-refractivity contribution in [2.45, 2.75) is 19.1 Å². The molecular formula is C30H22F6N6O3. The molecule has 5 rings (SSSR count). The summed E-state index contributed by atoms with van der Waals surface area (Å²) in [4.78, 5) is 20.9. The van der Waals surface area contributed by atoms with Crippen LogP contribution in [0.25, 0.3) is 22.8 Å². The highest BCUT2D eigenvalue weighted by molar-refractivity contribution is 5.92. The van der Waals surface area contributed by atoms with Crippen LogP contribution in [-0.4, -0.2) is 33.9 Å². The molecule has 0 aliphatic heterocycles. The van der Waals surface area contributed by atoms with Crippen molar-refractivity contribution in [1.29, 1.82) is 0 Å². The van der Waals surface area contributed by atoms with E-state index in [1.54, 1.807) is 36.4 Å². The molecule has 0 spiro atoms. The van der Waals surface area contributed by atoms with Gasteiger partial charge in [0.2, 0.25) is 11.7 Å². The number of aromatic nitrogens is 3. The summed E-state index contributed by atoms with van der Waals surface area (Å²) < 4.78 is 84.4. The van der Waals surface area contributed by atoms with Crippen LogP contribution in [0.5, 0.6) is 5.75 Å². The first kappa shape index (κ1) is 31.0. The number of alkyl halides is 6. The fraction of sp³-hybridized carbons (Fsp3) is 0.133. The lowest BCUT2D eigenvalue weighted by Gasteiger charge is -2.10. The van der Waals surface area contributed by atoms with Crippen molar-refractivity contribution in [3.05, 3.63) is 102 Å². The number of pyridine rings is 1. The quantitative estimate of drug-likeness (QED) is 0.139. The highest BCUT2D eigenvalue weighted by Crippen LogP contribution is 2.30. The highest BCUT2D eigenvalue weighted by atomic mass is 19.4. The number of nitrogens with one attached hydrogen (secondary N) is 3. The second-order valence-corrected chi connectivity index (χ2v) is 9.47. The summed E-state index contributed by atoms with van der Waals surface area (Å²) in [7, 11) is 0. The van der Waals surface area contributed by atoms with Crippen LogP contribution in [0.15, 0.2) is 95.6 Å². The predicted molar refractivity (Wildman–Crippen MR) is 151 cm³/mol. The van der Waals surface area contributed by atoms with Crippen molar-refractivity contribution in [2.24, 2.45) is 0 Å². The molecule has 0 aliphatic rings. The third-order valence-corrected chi connectivity index (χ3v) is 6.12. The topological polar surface area (TPSA) is 114 Å². The van der Waals surface area contributed by atoms with Gasteiger partial charge in [0.1, 0.15) is 11.6 Å². The molecule has 0 fully saturated rings. The fourth-order valence-electron chi connectivity index (χ4n) is 4.02. The maximum atomic E-state index is 12.7. The Balaban J connectivity index is 1.13. The Morgan fingerprint density at radius 2 is 1.51 bits per heavy atom. The number of benzene rings is 3. The Morgan fingerprint density at radius 3 is 2.18 bits per heavy atom. The molecule has 3 N–H and O–H groups in total. The largest absolute Gasteiger partial charge is 0.573 e. The monoisotopic (exact) mass is 628 g/mol. The molecule has 0 saturated carbocycles. The summed E-state index contributed by atoms with van der Waals surface area (Å²) in [6.07, 6.45) is -7.68. The van der Waals surface area contributed by atoms with Crippen LogP contribution < -0.4 is 20.7 Å². The Morgan fingerprint density at radius 1 is 0.822 bits per heavy atom. The number of ether oxygens (including phenoxy) is 1. The average molecular weight is 629 g/mol. The minimum Gasteiger partial charge on any atom is -0.406 e. The van der Waals surface area contributed by atoms with Crippen LogP contribution in [0.2, 0.25) is 0 Å². The van der Waals surface area contributed by atoms with Gasteiger partial charge in [0.15, 0.2) is 0 Å². The zero-order valence-electron chi connectivity index (χ0n) is 22.9. The molecule has 232 valence electrons. The first-order chi connectivity index (χ1) is 21.4. The summed E-state index contributed by atoms with van der Waals surface area (Å²) in [6, 6.07) is 19.8. The number of amides is 1. The number of hydrogen-bond acceptors (Lipinski definition) is 8. The van der Waals surface area contributed by atoms with Crippen LogP contribution in [0.4, 0.5) is 43.5 Å². The lowest BCUT2D eigenvalue weighted by atomic mass is 10.1. The second-order valence-electron chi connectivity index (χ2n) is 9.47. The van der Waals surface area contributed by atoms with Crippen molar-refractivity contribution < 1.29 is 40.4 Å². The van der Waals surface area contributed by atoms with Gasteiger partial charge in [-0.25, -0.2) is 4.98 Å². The van der Waals surface area contributed by atoms with Gasteiger partial charge in [0.25, 0.3) is 5.89 Å². The van der Waals surface area contributed by atoms with Gasteiger partial charge in [-0.15, -0.1) is 13.2 Å². The van der Waals surface area contributed by atoms with Crippen molar-refractivity contribution in [1.82, 2.24) is 20.4 Å². The molecule has 2 heterocycles. The van der Waals surface area contributed by atoms with Gasteiger partial charge in [-0.2, -0.15) is 18.2 Å². The van der Waals surface area contributed by atoms with Gasteiger partial charge < -0.3 is 25.2 Å². The SMILES string of the molecule is O=C(CNCc1ccc(C(F)(F)F)cc1)Nc1ccc(-c2nc(-c3ccnc(Nc4ccc(OC(F)(F)F)cc4)c3)no2)cc1. The Kier molecular flexibility index (Phi) is 8.99. The smallest absolute Gasteiger partial charge is 0.406 e. The van der Waals surface area contributed by atoms with Crippen LogP contribution in [0.3, 0.4) is 0 Å². The summed E-state index contributed by atoms with van der Waals surface area (Å²) in [5.41, 5.74) is 1.99. The van der Waals surface area contributed by atoms with Crippen LogP contribution in [-0.2, 0) is 17.5 Å². The lowest BCUT2D eigenvalue weighted by molar-refractivity contribution is -0.274. The molecule has 1 amide bonds. The Labute approximate surface area is 251 Å². The fourth-order valence-corrected chi connectivity index (χ4v) is 4.02. The first-order valence-corrected chi connectivity index (χ1v) is 13.1. The third kappa shape index (κ3) is 8.79. The zero-order valence-corrected chi connectivity index (χ0v) is 22.9. The molecule has 15 heteroatoms. The summed E-state index contributed by atoms with van der Waals surface area (Å²) >= 11 is 0. The van der Waals surface area contributed by atoms with Crippen LogP contribution in [0.1, 0.15) is 11.1 Å². The Hall–Kier alpha value is -5.44. The van der Waals surface area contributed by atoms with E-state index in [-0.39, 0.29) is 36.5 Å². The van der Waals surface area contributed by atoms with E-state index in [0.717, 1.165) is 12.1 Å². The number of carbonyl (C=O) groups excluding carboxylic acids is 1. The standard InChI is InChI=1S/C30H22F6N6O3/c31-29(32,33)21-5-1-18(2-6-21)16-37-17-26(43)40-23-7-3-19(4-8-23)28-41-27(42-45-28)20-13-14-38-25(15-20)39-22-9-11-24(12-10-22)44-30(34,35)36/h1-15,37H,16-17H2,(H,38,39)(H,40,43). The van der Waals surface area contributed by atoms with E-state index in [0.29, 0.717) is 33.9 Å². The van der Waals surface area contributed by atoms with E-state index in [4.69, 9.17) is 4.52 Å². The summed E-state index contributed by atoms with van der Waals surface area (Å²) in [5.74, 6) is 0.171. The number of halogens is 6. The van der Waals surface area contributed by atoms with Crippen molar-refractivity contribution >= 4 is 23.1 Å². The van der Waals surface area contributed by atoms with Gasteiger partial charge in [-0.05, 0) is 78.4 Å². The van der Waals surface area contributed by atoms with Crippen molar-refractivity contribution in [3.63, 3.8) is 0 Å². The number of rotatable bonds is 10.